The van der Waals surface area contributed by atoms with Crippen LogP contribution in [0.3, 0.4) is 0 Å². The van der Waals surface area contributed by atoms with Gasteiger partial charge in [-0.3, -0.25) is 9.59 Å². The Labute approximate surface area is 184 Å². The number of carbonyl (C=O) groups is 2. The number of nitrogens with one attached hydrogen (secondary N) is 1. The summed E-state index contributed by atoms with van der Waals surface area (Å²) in [5, 5.41) is 1.71. The Kier molecular flexibility index (Phi) is 7.14. The number of halogens is 5. The smallest absolute Gasteiger partial charge is 0.418 e. The van der Waals surface area contributed by atoms with E-state index in [0.29, 0.717) is 11.3 Å². The van der Waals surface area contributed by atoms with Crippen molar-refractivity contribution >= 4 is 29.2 Å². The first-order chi connectivity index (χ1) is 15.1. The van der Waals surface area contributed by atoms with Crippen LogP contribution in [-0.2, 0) is 26.9 Å². The summed E-state index contributed by atoms with van der Waals surface area (Å²) >= 11 is 5.76. The topological polar surface area (TPSA) is 81.4 Å². The fourth-order valence-electron chi connectivity index (χ4n) is 2.66. The van der Waals surface area contributed by atoms with E-state index < -0.39 is 41.7 Å². The van der Waals surface area contributed by atoms with Gasteiger partial charge < -0.3 is 14.5 Å². The number of alkyl halides is 3. The third kappa shape index (κ3) is 6.07. The van der Waals surface area contributed by atoms with E-state index in [1.165, 1.54) is 36.5 Å². The van der Waals surface area contributed by atoms with Gasteiger partial charge in [0.1, 0.15) is 5.82 Å². The van der Waals surface area contributed by atoms with E-state index in [1.54, 1.807) is 0 Å². The average Bonchev–Trinajstić information content (AvgIpc) is 3.21. The molecular formula is C21H15ClF4N2O4. The fourth-order valence-corrected chi connectivity index (χ4v) is 2.89. The minimum atomic E-state index is -4.73. The number of aryl methyl sites for hydroxylation is 1. The Hall–Kier alpha value is -3.40. The van der Waals surface area contributed by atoms with E-state index in [9.17, 15) is 27.2 Å². The lowest BCUT2D eigenvalue weighted by molar-refractivity contribution is -0.147. The molecule has 0 bridgehead atoms. The first kappa shape index (κ1) is 23.3. The van der Waals surface area contributed by atoms with Gasteiger partial charge in [0.05, 0.1) is 28.9 Å². The summed E-state index contributed by atoms with van der Waals surface area (Å²) in [6, 6.07) is 8.61. The highest BCUT2D eigenvalue weighted by Gasteiger charge is 2.34. The molecule has 0 aliphatic heterocycles. The van der Waals surface area contributed by atoms with Gasteiger partial charge in [0.25, 0.3) is 5.91 Å². The number of hydrogen-bond donors (Lipinski definition) is 1. The molecule has 0 saturated carbocycles. The molecule has 1 aromatic heterocycles. The zero-order chi connectivity index (χ0) is 23.3. The van der Waals surface area contributed by atoms with Crippen LogP contribution >= 0.6 is 11.6 Å². The summed E-state index contributed by atoms with van der Waals surface area (Å²) < 4.78 is 62.4. The Morgan fingerprint density at radius 2 is 1.84 bits per heavy atom. The maximum Gasteiger partial charge on any atom is 0.418 e. The van der Waals surface area contributed by atoms with Crippen LogP contribution in [0, 0.1) is 5.82 Å². The Balaban J connectivity index is 1.50. The van der Waals surface area contributed by atoms with Crippen LogP contribution in [0.2, 0.25) is 5.02 Å². The summed E-state index contributed by atoms with van der Waals surface area (Å²) in [6.45, 7) is -0.798. The van der Waals surface area contributed by atoms with Crippen LogP contribution in [0.1, 0.15) is 17.9 Å². The first-order valence-electron chi connectivity index (χ1n) is 9.15. The highest BCUT2D eigenvalue weighted by atomic mass is 35.5. The predicted octanol–water partition coefficient (Wildman–Crippen LogP) is 5.27. The molecule has 3 aromatic rings. The monoisotopic (exact) mass is 470 g/mol. The highest BCUT2D eigenvalue weighted by molar-refractivity contribution is 6.34. The van der Waals surface area contributed by atoms with Crippen molar-refractivity contribution in [3.05, 3.63) is 71.0 Å². The van der Waals surface area contributed by atoms with Crippen molar-refractivity contribution < 1.29 is 36.3 Å². The Morgan fingerprint density at radius 1 is 1.12 bits per heavy atom. The molecule has 3 rings (SSSR count). The molecule has 0 fully saturated rings. The molecule has 0 aliphatic carbocycles. The van der Waals surface area contributed by atoms with E-state index >= 15 is 0 Å². The van der Waals surface area contributed by atoms with Crippen molar-refractivity contribution in [1.82, 2.24) is 4.98 Å². The average molecular weight is 471 g/mol. The summed E-state index contributed by atoms with van der Waals surface area (Å²) in [6.07, 6.45) is -3.43. The number of hydrogen-bond acceptors (Lipinski definition) is 5. The zero-order valence-electron chi connectivity index (χ0n) is 16.2. The van der Waals surface area contributed by atoms with Gasteiger partial charge in [0.15, 0.2) is 18.3 Å². The summed E-state index contributed by atoms with van der Waals surface area (Å²) in [5.41, 5.74) is -1.14. The minimum absolute atomic E-state index is 0.0599. The minimum Gasteiger partial charge on any atom is -0.456 e. The number of ether oxygens (including phenoxy) is 1. The molecule has 11 heteroatoms. The van der Waals surface area contributed by atoms with E-state index in [0.717, 1.165) is 12.1 Å². The molecule has 32 heavy (non-hydrogen) atoms. The van der Waals surface area contributed by atoms with Crippen LogP contribution < -0.4 is 5.32 Å². The van der Waals surface area contributed by atoms with Gasteiger partial charge in [0.2, 0.25) is 0 Å². The van der Waals surface area contributed by atoms with E-state index in [2.05, 4.69) is 4.98 Å². The van der Waals surface area contributed by atoms with Crippen molar-refractivity contribution in [3.8, 4) is 11.3 Å². The SMILES string of the molecule is O=C(COC(=O)CCc1ncc(-c2ccc(F)cc2)o1)Nc1c(Cl)cccc1C(F)(F)F. The number of anilines is 1. The van der Waals surface area contributed by atoms with Gasteiger partial charge in [-0.2, -0.15) is 13.2 Å². The summed E-state index contributed by atoms with van der Waals surface area (Å²) in [7, 11) is 0. The summed E-state index contributed by atoms with van der Waals surface area (Å²) in [5.74, 6) is -1.56. The van der Waals surface area contributed by atoms with Crippen LogP contribution in [0.15, 0.2) is 53.1 Å². The van der Waals surface area contributed by atoms with Crippen LogP contribution in [0.5, 0.6) is 0 Å². The number of carbonyl (C=O) groups excluding carboxylic acids is 2. The predicted molar refractivity (Wildman–Crippen MR) is 106 cm³/mol. The normalized spacial score (nSPS) is 11.3. The number of esters is 1. The van der Waals surface area contributed by atoms with Crippen LogP contribution in [-0.4, -0.2) is 23.5 Å². The van der Waals surface area contributed by atoms with Crippen molar-refractivity contribution in [2.45, 2.75) is 19.0 Å². The maximum absolute atomic E-state index is 13.1. The zero-order valence-corrected chi connectivity index (χ0v) is 17.0. The van der Waals surface area contributed by atoms with Gasteiger partial charge in [-0.25, -0.2) is 9.37 Å². The second kappa shape index (κ2) is 9.82. The van der Waals surface area contributed by atoms with Crippen molar-refractivity contribution in [1.29, 1.82) is 0 Å². The number of aromatic nitrogens is 1. The van der Waals surface area contributed by atoms with Gasteiger partial charge in [-0.1, -0.05) is 17.7 Å². The van der Waals surface area contributed by atoms with Gasteiger partial charge >= 0.3 is 12.1 Å². The van der Waals surface area contributed by atoms with E-state index in [-0.39, 0.29) is 23.8 Å². The quantitative estimate of drug-likeness (QED) is 0.376. The number of para-hydroxylation sites is 1. The van der Waals surface area contributed by atoms with Crippen molar-refractivity contribution in [3.63, 3.8) is 0 Å². The molecule has 1 heterocycles. The molecule has 168 valence electrons. The lowest BCUT2D eigenvalue weighted by Gasteiger charge is -2.15. The molecule has 1 N–H and O–H groups in total. The van der Waals surface area contributed by atoms with Gasteiger partial charge in [-0.15, -0.1) is 0 Å². The largest absolute Gasteiger partial charge is 0.456 e. The third-order valence-corrected chi connectivity index (χ3v) is 4.49. The number of nitrogens with zero attached hydrogens (tertiary/aromatic N) is 1. The number of benzene rings is 2. The van der Waals surface area contributed by atoms with E-state index in [4.69, 9.17) is 20.8 Å². The number of oxazole rings is 1. The molecule has 0 unspecified atom stereocenters. The molecule has 0 aliphatic rings. The fraction of sp³-hybridized carbons (Fsp3) is 0.190. The Bertz CT molecular complexity index is 1110. The lowest BCUT2D eigenvalue weighted by Crippen LogP contribution is -2.23. The summed E-state index contributed by atoms with van der Waals surface area (Å²) in [4.78, 5) is 27.8. The maximum atomic E-state index is 13.1. The molecular weight excluding hydrogens is 456 g/mol. The third-order valence-electron chi connectivity index (χ3n) is 4.17. The van der Waals surface area contributed by atoms with E-state index in [1.807, 2.05) is 5.32 Å². The second-order valence-corrected chi connectivity index (χ2v) is 6.90. The molecule has 6 nitrogen and oxygen atoms in total. The number of amides is 1. The molecule has 0 saturated heterocycles. The first-order valence-corrected chi connectivity index (χ1v) is 9.53. The Morgan fingerprint density at radius 3 is 2.53 bits per heavy atom. The number of rotatable bonds is 7. The molecule has 0 radical (unpaired) electrons. The van der Waals surface area contributed by atoms with Gasteiger partial charge in [0, 0.05) is 12.0 Å². The van der Waals surface area contributed by atoms with Crippen molar-refractivity contribution in [2.75, 3.05) is 11.9 Å². The van der Waals surface area contributed by atoms with Gasteiger partial charge in [-0.05, 0) is 36.4 Å². The lowest BCUT2D eigenvalue weighted by atomic mass is 10.1. The second-order valence-electron chi connectivity index (χ2n) is 6.49. The molecule has 0 spiro atoms. The standard InChI is InChI=1S/C21H15ClF4N2O4/c22-15-3-1-2-14(21(24,25)26)20(15)28-17(29)11-31-19(30)9-8-18-27-10-16(32-18)12-4-6-13(23)7-5-12/h1-7,10H,8-9,11H2,(H,28,29). The molecule has 0 atom stereocenters. The van der Waals surface area contributed by atoms with Crippen LogP contribution in [0.25, 0.3) is 11.3 Å². The molecule has 1 amide bonds. The highest BCUT2D eigenvalue weighted by Crippen LogP contribution is 2.38. The molecule has 2 aromatic carbocycles. The van der Waals surface area contributed by atoms with Crippen molar-refractivity contribution in [2.24, 2.45) is 0 Å². The van der Waals surface area contributed by atoms with Crippen LogP contribution in [0.4, 0.5) is 23.2 Å².